The Hall–Kier alpha value is -2.96. The van der Waals surface area contributed by atoms with Crippen LogP contribution in [0.2, 0.25) is 0 Å². The van der Waals surface area contributed by atoms with Crippen LogP contribution in [0.15, 0.2) is 35.1 Å². The summed E-state index contributed by atoms with van der Waals surface area (Å²) in [5, 5.41) is 11.1. The predicted molar refractivity (Wildman–Crippen MR) is 87.4 cm³/mol. The third kappa shape index (κ3) is 2.29. The highest BCUT2D eigenvalue weighted by Gasteiger charge is 2.38. The zero-order chi connectivity index (χ0) is 16.9. The Morgan fingerprint density at radius 1 is 1.33 bits per heavy atom. The third-order valence-electron chi connectivity index (χ3n) is 4.34. The van der Waals surface area contributed by atoms with Crippen molar-refractivity contribution in [2.45, 2.75) is 25.7 Å². The van der Waals surface area contributed by atoms with Crippen LogP contribution in [0.5, 0.6) is 0 Å². The maximum absolute atomic E-state index is 12.0. The van der Waals surface area contributed by atoms with Gasteiger partial charge in [-0.05, 0) is 43.2 Å². The molecule has 0 radical (unpaired) electrons. The molecule has 3 heterocycles. The van der Waals surface area contributed by atoms with Crippen LogP contribution in [0.1, 0.15) is 30.8 Å². The van der Waals surface area contributed by atoms with Crippen LogP contribution in [-0.4, -0.2) is 25.8 Å². The summed E-state index contributed by atoms with van der Waals surface area (Å²) in [5.41, 5.74) is 3.04. The number of rotatable bonds is 3. The molecule has 4 rings (SSSR count). The number of benzene rings is 1. The van der Waals surface area contributed by atoms with E-state index in [4.69, 9.17) is 4.52 Å². The predicted octanol–water partition coefficient (Wildman–Crippen LogP) is 2.29. The smallest absolute Gasteiger partial charge is 0.257 e. The molecule has 3 aromatic rings. The van der Waals surface area contributed by atoms with Gasteiger partial charge in [0.1, 0.15) is 0 Å². The molecule has 0 unspecified atom stereocenters. The van der Waals surface area contributed by atoms with E-state index in [2.05, 4.69) is 20.6 Å². The van der Waals surface area contributed by atoms with Gasteiger partial charge in [-0.3, -0.25) is 9.48 Å². The van der Waals surface area contributed by atoms with Gasteiger partial charge in [0.05, 0.1) is 11.6 Å². The average Bonchev–Trinajstić information content (AvgIpc) is 3.21. The van der Waals surface area contributed by atoms with Crippen molar-refractivity contribution in [3.8, 4) is 11.5 Å². The number of carbonyl (C=O) groups excluding carboxylic acids is 1. The molecule has 0 spiro atoms. The molecule has 1 aromatic carbocycles. The summed E-state index contributed by atoms with van der Waals surface area (Å²) < 4.78 is 7.13. The molecule has 1 aliphatic rings. The Bertz CT molecular complexity index is 938. The number of aromatic nitrogens is 4. The minimum absolute atomic E-state index is 0.00237. The van der Waals surface area contributed by atoms with Crippen LogP contribution in [0, 0.1) is 0 Å². The molecule has 1 N–H and O–H groups in total. The number of amides is 1. The summed E-state index contributed by atoms with van der Waals surface area (Å²) in [6.45, 7) is 3.80. The van der Waals surface area contributed by atoms with E-state index < -0.39 is 5.41 Å². The van der Waals surface area contributed by atoms with Crippen molar-refractivity contribution in [2.24, 2.45) is 7.05 Å². The number of aryl methyl sites for hydroxylation is 1. The van der Waals surface area contributed by atoms with Gasteiger partial charge < -0.3 is 9.84 Å². The number of hydrogen-bond donors (Lipinski definition) is 1. The molecule has 1 amide bonds. The fourth-order valence-corrected chi connectivity index (χ4v) is 2.89. The maximum atomic E-state index is 12.0. The van der Waals surface area contributed by atoms with E-state index in [0.717, 1.165) is 22.4 Å². The van der Waals surface area contributed by atoms with E-state index in [-0.39, 0.29) is 5.91 Å². The largest absolute Gasteiger partial charge is 0.334 e. The summed E-state index contributed by atoms with van der Waals surface area (Å²) in [7, 11) is 1.87. The molecule has 1 aliphatic heterocycles. The molecule has 0 saturated carbocycles. The Morgan fingerprint density at radius 2 is 2.17 bits per heavy atom. The SMILES string of the molecule is Cn1cc(Cc2noc(-c3ccc4c(c3)C(C)(C)C(=O)N4)n2)cn1. The highest BCUT2D eigenvalue weighted by Crippen LogP contribution is 2.39. The summed E-state index contributed by atoms with van der Waals surface area (Å²) in [6.07, 6.45) is 4.27. The van der Waals surface area contributed by atoms with E-state index in [0.29, 0.717) is 18.1 Å². The van der Waals surface area contributed by atoms with Crippen LogP contribution in [0.4, 0.5) is 5.69 Å². The van der Waals surface area contributed by atoms with Gasteiger partial charge in [0.15, 0.2) is 5.82 Å². The molecular formula is C17H17N5O2. The second kappa shape index (κ2) is 5.02. The first-order chi connectivity index (χ1) is 11.4. The number of nitrogens with zero attached hydrogens (tertiary/aromatic N) is 4. The quantitative estimate of drug-likeness (QED) is 0.799. The lowest BCUT2D eigenvalue weighted by atomic mass is 9.85. The van der Waals surface area contributed by atoms with Crippen molar-refractivity contribution < 1.29 is 9.32 Å². The number of carbonyl (C=O) groups is 1. The first-order valence-corrected chi connectivity index (χ1v) is 7.70. The fourth-order valence-electron chi connectivity index (χ4n) is 2.89. The van der Waals surface area contributed by atoms with Crippen molar-refractivity contribution in [2.75, 3.05) is 5.32 Å². The molecule has 0 atom stereocenters. The normalized spacial score (nSPS) is 15.4. The van der Waals surface area contributed by atoms with Crippen molar-refractivity contribution >= 4 is 11.6 Å². The van der Waals surface area contributed by atoms with Crippen LogP contribution < -0.4 is 5.32 Å². The lowest BCUT2D eigenvalue weighted by Crippen LogP contribution is -2.26. The van der Waals surface area contributed by atoms with Gasteiger partial charge in [0.25, 0.3) is 5.89 Å². The van der Waals surface area contributed by atoms with Gasteiger partial charge in [-0.1, -0.05) is 5.16 Å². The molecule has 0 saturated heterocycles. The summed E-state index contributed by atoms with van der Waals surface area (Å²) in [6, 6.07) is 5.69. The lowest BCUT2D eigenvalue weighted by molar-refractivity contribution is -0.119. The van der Waals surface area contributed by atoms with Crippen LogP contribution in [0.3, 0.4) is 0 Å². The van der Waals surface area contributed by atoms with E-state index in [1.807, 2.05) is 45.3 Å². The van der Waals surface area contributed by atoms with E-state index in [1.165, 1.54) is 0 Å². The number of fused-ring (bicyclic) bond motifs is 1. The molecule has 24 heavy (non-hydrogen) atoms. The van der Waals surface area contributed by atoms with Crippen molar-refractivity contribution in [1.82, 2.24) is 19.9 Å². The van der Waals surface area contributed by atoms with Crippen molar-refractivity contribution in [3.05, 3.63) is 47.5 Å². The molecule has 0 aliphatic carbocycles. The van der Waals surface area contributed by atoms with E-state index in [9.17, 15) is 4.79 Å². The first kappa shape index (κ1) is 14.6. The molecule has 0 fully saturated rings. The summed E-state index contributed by atoms with van der Waals surface area (Å²) in [4.78, 5) is 16.5. The van der Waals surface area contributed by atoms with Gasteiger partial charge in [0.2, 0.25) is 5.91 Å². The van der Waals surface area contributed by atoms with Gasteiger partial charge in [-0.25, -0.2) is 0 Å². The van der Waals surface area contributed by atoms with E-state index >= 15 is 0 Å². The molecular weight excluding hydrogens is 306 g/mol. The average molecular weight is 323 g/mol. The standard InChI is InChI=1S/C17H17N5O2/c1-17(2)12-7-11(4-5-13(12)19-16(17)23)15-20-14(21-24-15)6-10-8-18-22(3)9-10/h4-5,7-9H,6H2,1-3H3,(H,19,23). The summed E-state index contributed by atoms with van der Waals surface area (Å²) >= 11 is 0. The van der Waals surface area contributed by atoms with Crippen molar-refractivity contribution in [1.29, 1.82) is 0 Å². The minimum Gasteiger partial charge on any atom is -0.334 e. The second-order valence-electron chi connectivity index (χ2n) is 6.55. The van der Waals surface area contributed by atoms with Crippen LogP contribution >= 0.6 is 0 Å². The fraction of sp³-hybridized carbons (Fsp3) is 0.294. The maximum Gasteiger partial charge on any atom is 0.257 e. The van der Waals surface area contributed by atoms with Crippen molar-refractivity contribution in [3.63, 3.8) is 0 Å². The first-order valence-electron chi connectivity index (χ1n) is 7.70. The van der Waals surface area contributed by atoms with Crippen LogP contribution in [-0.2, 0) is 23.7 Å². The zero-order valence-corrected chi connectivity index (χ0v) is 13.7. The summed E-state index contributed by atoms with van der Waals surface area (Å²) in [5.74, 6) is 1.05. The van der Waals surface area contributed by atoms with Gasteiger partial charge >= 0.3 is 0 Å². The number of nitrogens with one attached hydrogen (secondary N) is 1. The Balaban J connectivity index is 1.64. The van der Waals surface area contributed by atoms with Gasteiger partial charge in [-0.2, -0.15) is 10.1 Å². The van der Waals surface area contributed by atoms with Crippen LogP contribution in [0.25, 0.3) is 11.5 Å². The molecule has 7 nitrogen and oxygen atoms in total. The van der Waals surface area contributed by atoms with Gasteiger partial charge in [-0.15, -0.1) is 0 Å². The minimum atomic E-state index is -0.566. The third-order valence-corrected chi connectivity index (χ3v) is 4.34. The molecule has 2 aromatic heterocycles. The van der Waals surface area contributed by atoms with Gasteiger partial charge in [0, 0.05) is 30.9 Å². The highest BCUT2D eigenvalue weighted by atomic mass is 16.5. The monoisotopic (exact) mass is 323 g/mol. The topological polar surface area (TPSA) is 85.8 Å². The molecule has 0 bridgehead atoms. The lowest BCUT2D eigenvalue weighted by Gasteiger charge is -2.15. The zero-order valence-electron chi connectivity index (χ0n) is 13.7. The van der Waals surface area contributed by atoms with E-state index in [1.54, 1.807) is 10.9 Å². The second-order valence-corrected chi connectivity index (χ2v) is 6.55. The Kier molecular flexibility index (Phi) is 3.06. The highest BCUT2D eigenvalue weighted by molar-refractivity contribution is 6.06. The number of anilines is 1. The Labute approximate surface area is 138 Å². The molecule has 122 valence electrons. The number of hydrogen-bond acceptors (Lipinski definition) is 5. The molecule has 7 heteroatoms. The Morgan fingerprint density at radius 3 is 2.92 bits per heavy atom.